The maximum Gasteiger partial charge on any atom is 0.176 e. The average Bonchev–Trinajstić information content (AvgIpc) is 2.49. The summed E-state index contributed by atoms with van der Waals surface area (Å²) in [5.74, 6) is 1.22. The van der Waals surface area contributed by atoms with Crippen LogP contribution in [0.5, 0.6) is 0 Å². The van der Waals surface area contributed by atoms with Gasteiger partial charge in [0.1, 0.15) is 0 Å². The molecule has 0 spiro atoms. The molecule has 0 amide bonds. The number of fused-ring (bicyclic) bond motifs is 1. The van der Waals surface area contributed by atoms with Crippen molar-refractivity contribution < 1.29 is 4.79 Å². The van der Waals surface area contributed by atoms with Crippen LogP contribution in [0.25, 0.3) is 10.8 Å². The van der Waals surface area contributed by atoms with Gasteiger partial charge >= 0.3 is 0 Å². The number of carbonyl (C=O) groups excluding carboxylic acids is 1. The number of rotatable bonds is 2. The highest BCUT2D eigenvalue weighted by Crippen LogP contribution is 2.37. The van der Waals surface area contributed by atoms with E-state index in [1.807, 2.05) is 47.8 Å². The molecule has 1 nitrogen and oxygen atoms in total. The van der Waals surface area contributed by atoms with E-state index in [0.29, 0.717) is 10.5 Å². The fourth-order valence-corrected chi connectivity index (χ4v) is 5.33. The zero-order valence-electron chi connectivity index (χ0n) is 11.7. The van der Waals surface area contributed by atoms with Gasteiger partial charge in [-0.15, -0.1) is 11.8 Å². The van der Waals surface area contributed by atoms with Crippen LogP contribution in [0.1, 0.15) is 24.2 Å². The third kappa shape index (κ3) is 2.75. The molecule has 2 aromatic carbocycles. The van der Waals surface area contributed by atoms with Gasteiger partial charge in [0.05, 0.1) is 5.25 Å². The van der Waals surface area contributed by atoms with E-state index in [9.17, 15) is 4.79 Å². The summed E-state index contributed by atoms with van der Waals surface area (Å²) in [6, 6.07) is 14.3. The smallest absolute Gasteiger partial charge is 0.176 e. The topological polar surface area (TPSA) is 17.1 Å². The number of hydrogen-bond donors (Lipinski definition) is 0. The molecule has 20 heavy (non-hydrogen) atoms. The molecule has 0 aromatic heterocycles. The Bertz CT molecular complexity index is 638. The summed E-state index contributed by atoms with van der Waals surface area (Å²) in [5.41, 5.74) is 0.851. The van der Waals surface area contributed by atoms with Crippen LogP contribution in [-0.4, -0.2) is 27.3 Å². The zero-order valence-corrected chi connectivity index (χ0v) is 13.3. The summed E-state index contributed by atoms with van der Waals surface area (Å²) in [5, 5.41) is 3.63. The van der Waals surface area contributed by atoms with E-state index in [-0.39, 0.29) is 11.0 Å². The molecule has 104 valence electrons. The first-order valence-electron chi connectivity index (χ1n) is 6.95. The third-order valence-corrected chi connectivity index (χ3v) is 7.27. The van der Waals surface area contributed by atoms with E-state index in [2.05, 4.69) is 32.0 Å². The second-order valence-electron chi connectivity index (χ2n) is 5.29. The third-order valence-electron chi connectivity index (χ3n) is 3.88. The molecule has 1 saturated heterocycles. The maximum atomic E-state index is 12.7. The molecule has 1 heterocycles. The fraction of sp³-hybridized carbons (Fsp3) is 0.353. The van der Waals surface area contributed by atoms with Crippen LogP contribution in [0, 0.1) is 0 Å². The van der Waals surface area contributed by atoms with Gasteiger partial charge in [0.25, 0.3) is 0 Å². The Morgan fingerprint density at radius 3 is 2.55 bits per heavy atom. The predicted octanol–water partition coefficient (Wildman–Crippen LogP) is 4.65. The number of Topliss-reactive ketones (excluding diaryl/α,β-unsaturated/α-hetero) is 1. The van der Waals surface area contributed by atoms with Gasteiger partial charge in [0.15, 0.2) is 5.78 Å². The quantitative estimate of drug-likeness (QED) is 0.752. The van der Waals surface area contributed by atoms with E-state index >= 15 is 0 Å². The Balaban J connectivity index is 1.85. The second-order valence-corrected chi connectivity index (χ2v) is 8.29. The molecule has 0 bridgehead atoms. The lowest BCUT2D eigenvalue weighted by Crippen LogP contribution is -2.31. The largest absolute Gasteiger partial charge is 0.293 e. The summed E-state index contributed by atoms with van der Waals surface area (Å²) < 4.78 is 0. The van der Waals surface area contributed by atoms with Gasteiger partial charge in [-0.05, 0) is 16.8 Å². The number of thioether (sulfide) groups is 2. The van der Waals surface area contributed by atoms with Gasteiger partial charge in [-0.3, -0.25) is 4.79 Å². The Kier molecular flexibility index (Phi) is 4.08. The van der Waals surface area contributed by atoms with E-state index in [1.54, 1.807) is 0 Å². The van der Waals surface area contributed by atoms with Crippen LogP contribution in [0.15, 0.2) is 42.5 Å². The first-order valence-corrected chi connectivity index (χ1v) is 8.94. The molecule has 3 unspecified atom stereocenters. The lowest BCUT2D eigenvalue weighted by atomic mass is 10.0. The van der Waals surface area contributed by atoms with Gasteiger partial charge in [0.2, 0.25) is 0 Å². The van der Waals surface area contributed by atoms with Crippen molar-refractivity contribution in [1.82, 2.24) is 0 Å². The van der Waals surface area contributed by atoms with Crippen LogP contribution in [-0.2, 0) is 0 Å². The van der Waals surface area contributed by atoms with Crippen molar-refractivity contribution in [2.24, 2.45) is 0 Å². The van der Waals surface area contributed by atoms with Crippen molar-refractivity contribution in [2.45, 2.75) is 29.6 Å². The molecule has 0 aliphatic carbocycles. The van der Waals surface area contributed by atoms with Gasteiger partial charge in [-0.2, -0.15) is 11.8 Å². The molecule has 1 aliphatic heterocycles. The SMILES string of the molecule is CC1SCC(C(=O)c2ccc3ccccc3c2)SC1C. The molecule has 3 atom stereocenters. The summed E-state index contributed by atoms with van der Waals surface area (Å²) in [7, 11) is 0. The van der Waals surface area contributed by atoms with E-state index in [0.717, 1.165) is 16.7 Å². The van der Waals surface area contributed by atoms with Gasteiger partial charge < -0.3 is 0 Å². The highest BCUT2D eigenvalue weighted by molar-refractivity contribution is 8.08. The van der Waals surface area contributed by atoms with Crippen LogP contribution in [0.2, 0.25) is 0 Å². The van der Waals surface area contributed by atoms with Crippen molar-refractivity contribution >= 4 is 40.1 Å². The fourth-order valence-electron chi connectivity index (χ4n) is 2.45. The standard InChI is InChI=1S/C17H18OS2/c1-11-12(2)20-16(10-19-11)17(18)15-8-7-13-5-3-4-6-14(13)9-15/h3-9,11-12,16H,10H2,1-2H3. The van der Waals surface area contributed by atoms with Crippen LogP contribution in [0.4, 0.5) is 0 Å². The average molecular weight is 302 g/mol. The highest BCUT2D eigenvalue weighted by atomic mass is 32.2. The molecule has 3 rings (SSSR count). The van der Waals surface area contributed by atoms with E-state index < -0.39 is 0 Å². The van der Waals surface area contributed by atoms with E-state index in [4.69, 9.17) is 0 Å². The van der Waals surface area contributed by atoms with Crippen LogP contribution in [0.3, 0.4) is 0 Å². The predicted molar refractivity (Wildman–Crippen MR) is 91.0 cm³/mol. The second kappa shape index (κ2) is 5.82. The highest BCUT2D eigenvalue weighted by Gasteiger charge is 2.30. The van der Waals surface area contributed by atoms with Crippen molar-refractivity contribution in [2.75, 3.05) is 5.75 Å². The Hall–Kier alpha value is -0.930. The number of hydrogen-bond acceptors (Lipinski definition) is 3. The first-order chi connectivity index (χ1) is 9.65. The maximum absolute atomic E-state index is 12.7. The molecule has 0 radical (unpaired) electrons. The summed E-state index contributed by atoms with van der Waals surface area (Å²) in [6.07, 6.45) is 0. The first kappa shape index (κ1) is 14.0. The Morgan fingerprint density at radius 2 is 1.80 bits per heavy atom. The molecular formula is C17H18OS2. The van der Waals surface area contributed by atoms with Crippen LogP contribution >= 0.6 is 23.5 Å². The normalized spacial score (nSPS) is 26.6. The Labute approximate surface area is 128 Å². The van der Waals surface area contributed by atoms with Gasteiger partial charge in [-0.25, -0.2) is 0 Å². The molecular weight excluding hydrogens is 284 g/mol. The molecule has 0 N–H and O–H groups in total. The molecule has 3 heteroatoms. The van der Waals surface area contributed by atoms with E-state index in [1.165, 1.54) is 5.39 Å². The number of ketones is 1. The summed E-state index contributed by atoms with van der Waals surface area (Å²) in [4.78, 5) is 12.7. The van der Waals surface area contributed by atoms with Gasteiger partial charge in [-0.1, -0.05) is 50.2 Å². The molecule has 1 aliphatic rings. The van der Waals surface area contributed by atoms with Crippen molar-refractivity contribution in [3.05, 3.63) is 48.0 Å². The summed E-state index contributed by atoms with van der Waals surface area (Å²) >= 11 is 3.75. The molecule has 2 aromatic rings. The minimum atomic E-state index is 0.104. The van der Waals surface area contributed by atoms with Crippen molar-refractivity contribution in [3.63, 3.8) is 0 Å². The van der Waals surface area contributed by atoms with Crippen LogP contribution < -0.4 is 0 Å². The molecule has 0 saturated carbocycles. The van der Waals surface area contributed by atoms with Gasteiger partial charge in [0, 0.05) is 21.8 Å². The lowest BCUT2D eigenvalue weighted by Gasteiger charge is -2.30. The zero-order chi connectivity index (χ0) is 14.1. The number of benzene rings is 2. The summed E-state index contributed by atoms with van der Waals surface area (Å²) in [6.45, 7) is 4.47. The minimum Gasteiger partial charge on any atom is -0.293 e. The van der Waals surface area contributed by atoms with Crippen molar-refractivity contribution in [3.8, 4) is 0 Å². The minimum absolute atomic E-state index is 0.104. The lowest BCUT2D eigenvalue weighted by molar-refractivity contribution is 0.0995. The van der Waals surface area contributed by atoms with Crippen molar-refractivity contribution in [1.29, 1.82) is 0 Å². The monoisotopic (exact) mass is 302 g/mol. The number of carbonyl (C=O) groups is 1. The molecule has 1 fully saturated rings. The Morgan fingerprint density at radius 1 is 1.05 bits per heavy atom.